The van der Waals surface area contributed by atoms with Gasteiger partial charge in [-0.3, -0.25) is 9.36 Å². The number of hydrogen-bond donors (Lipinski definition) is 1. The molecule has 8 heteroatoms. The van der Waals surface area contributed by atoms with E-state index in [1.165, 1.54) is 17.3 Å². The molecular formula is C23H25ClN4O2S. The minimum atomic E-state index is -0.193. The molecule has 0 bridgehead atoms. The van der Waals surface area contributed by atoms with Crippen LogP contribution in [0.4, 0.5) is 5.69 Å². The van der Waals surface area contributed by atoms with E-state index in [2.05, 4.69) is 48.1 Å². The van der Waals surface area contributed by atoms with Crippen LogP contribution in [0.2, 0.25) is 5.02 Å². The number of anilines is 1. The molecule has 0 saturated heterocycles. The summed E-state index contributed by atoms with van der Waals surface area (Å²) >= 11 is 7.34. The van der Waals surface area contributed by atoms with Gasteiger partial charge in [0.2, 0.25) is 5.91 Å². The SMILES string of the molecule is C=CCn1c(SCC(=O)Nc2cc(Cl)ccc2OC)nnc1-c1ccc(C(C)C)cc1. The van der Waals surface area contributed by atoms with Crippen molar-refractivity contribution in [1.29, 1.82) is 0 Å². The highest BCUT2D eigenvalue weighted by molar-refractivity contribution is 7.99. The topological polar surface area (TPSA) is 69.0 Å². The largest absolute Gasteiger partial charge is 0.495 e. The minimum Gasteiger partial charge on any atom is -0.495 e. The summed E-state index contributed by atoms with van der Waals surface area (Å²) in [6, 6.07) is 13.4. The first-order valence-corrected chi connectivity index (χ1v) is 11.2. The number of halogens is 1. The van der Waals surface area contributed by atoms with E-state index in [0.717, 1.165) is 11.4 Å². The average Bonchev–Trinajstić information content (AvgIpc) is 3.15. The summed E-state index contributed by atoms with van der Waals surface area (Å²) in [6.07, 6.45) is 1.79. The van der Waals surface area contributed by atoms with Crippen LogP contribution < -0.4 is 10.1 Å². The highest BCUT2D eigenvalue weighted by Crippen LogP contribution is 2.29. The van der Waals surface area contributed by atoms with Crippen LogP contribution in [0.3, 0.4) is 0 Å². The number of carbonyl (C=O) groups is 1. The molecule has 1 amide bonds. The number of carbonyl (C=O) groups excluding carboxylic acids is 1. The Kier molecular flexibility index (Phi) is 7.76. The van der Waals surface area contributed by atoms with Gasteiger partial charge in [0.1, 0.15) is 5.75 Å². The molecule has 3 aromatic rings. The van der Waals surface area contributed by atoms with E-state index in [4.69, 9.17) is 16.3 Å². The number of methoxy groups -OCH3 is 1. The third-order valence-corrected chi connectivity index (χ3v) is 5.83. The lowest BCUT2D eigenvalue weighted by Crippen LogP contribution is -2.15. The first kappa shape index (κ1) is 22.9. The molecule has 0 radical (unpaired) electrons. The number of ether oxygens (including phenoxy) is 1. The van der Waals surface area contributed by atoms with E-state index >= 15 is 0 Å². The zero-order chi connectivity index (χ0) is 22.4. The maximum absolute atomic E-state index is 12.5. The van der Waals surface area contributed by atoms with Crippen molar-refractivity contribution in [2.24, 2.45) is 0 Å². The van der Waals surface area contributed by atoms with Crippen LogP contribution in [-0.2, 0) is 11.3 Å². The molecule has 0 fully saturated rings. The smallest absolute Gasteiger partial charge is 0.234 e. The lowest BCUT2D eigenvalue weighted by Gasteiger charge is -2.11. The van der Waals surface area contributed by atoms with Gasteiger partial charge in [-0.1, -0.05) is 67.6 Å². The molecular weight excluding hydrogens is 432 g/mol. The average molecular weight is 457 g/mol. The Morgan fingerprint density at radius 3 is 2.65 bits per heavy atom. The number of amides is 1. The third kappa shape index (κ3) is 5.68. The van der Waals surface area contributed by atoms with Crippen molar-refractivity contribution in [1.82, 2.24) is 14.8 Å². The summed E-state index contributed by atoms with van der Waals surface area (Å²) in [4.78, 5) is 12.5. The van der Waals surface area contributed by atoms with Crippen LogP contribution in [0.15, 0.2) is 60.3 Å². The lowest BCUT2D eigenvalue weighted by atomic mass is 10.0. The second kappa shape index (κ2) is 10.5. The molecule has 0 aliphatic carbocycles. The monoisotopic (exact) mass is 456 g/mol. The summed E-state index contributed by atoms with van der Waals surface area (Å²) in [5, 5.41) is 12.7. The molecule has 0 atom stereocenters. The lowest BCUT2D eigenvalue weighted by molar-refractivity contribution is -0.113. The van der Waals surface area contributed by atoms with Crippen molar-refractivity contribution < 1.29 is 9.53 Å². The second-order valence-corrected chi connectivity index (χ2v) is 8.54. The molecule has 1 heterocycles. The van der Waals surface area contributed by atoms with Gasteiger partial charge < -0.3 is 10.1 Å². The Balaban J connectivity index is 1.74. The summed E-state index contributed by atoms with van der Waals surface area (Å²) in [6.45, 7) is 8.70. The minimum absolute atomic E-state index is 0.164. The number of nitrogens with one attached hydrogen (secondary N) is 1. The van der Waals surface area contributed by atoms with Crippen LogP contribution >= 0.6 is 23.4 Å². The van der Waals surface area contributed by atoms with Gasteiger partial charge >= 0.3 is 0 Å². The Labute approximate surface area is 191 Å². The standard InChI is InChI=1S/C23H25ClN4O2S/c1-5-12-28-22(17-8-6-16(7-9-17)15(2)3)26-27-23(28)31-14-21(29)25-19-13-18(24)10-11-20(19)30-4/h5-11,13,15H,1,12,14H2,2-4H3,(H,25,29). The highest BCUT2D eigenvalue weighted by Gasteiger charge is 2.16. The van der Waals surface area contributed by atoms with Gasteiger partial charge in [0.05, 0.1) is 18.6 Å². The van der Waals surface area contributed by atoms with E-state index in [0.29, 0.717) is 34.1 Å². The molecule has 0 saturated carbocycles. The van der Waals surface area contributed by atoms with Gasteiger partial charge in [-0.15, -0.1) is 16.8 Å². The molecule has 1 aromatic heterocycles. The molecule has 6 nitrogen and oxygen atoms in total. The summed E-state index contributed by atoms with van der Waals surface area (Å²) < 4.78 is 7.23. The summed E-state index contributed by atoms with van der Waals surface area (Å²) in [5.74, 6) is 1.72. The number of aromatic nitrogens is 3. The van der Waals surface area contributed by atoms with Crippen molar-refractivity contribution in [3.05, 3.63) is 65.7 Å². The van der Waals surface area contributed by atoms with Gasteiger partial charge in [0.25, 0.3) is 0 Å². The number of rotatable bonds is 9. The quantitative estimate of drug-likeness (QED) is 0.333. The predicted octanol–water partition coefficient (Wildman–Crippen LogP) is 5.65. The van der Waals surface area contributed by atoms with Crippen LogP contribution in [0.25, 0.3) is 11.4 Å². The first-order chi connectivity index (χ1) is 14.9. The number of allylic oxidation sites excluding steroid dienone is 1. The Hall–Kier alpha value is -2.77. The van der Waals surface area contributed by atoms with Crippen LogP contribution in [0, 0.1) is 0 Å². The molecule has 3 rings (SSSR count). The Morgan fingerprint density at radius 2 is 2.00 bits per heavy atom. The number of hydrogen-bond acceptors (Lipinski definition) is 5. The molecule has 0 unspecified atom stereocenters. The molecule has 0 aliphatic rings. The summed E-state index contributed by atoms with van der Waals surface area (Å²) in [5.41, 5.74) is 2.76. The Bertz CT molecular complexity index is 1060. The zero-order valence-corrected chi connectivity index (χ0v) is 19.3. The maximum Gasteiger partial charge on any atom is 0.234 e. The van der Waals surface area contributed by atoms with Gasteiger partial charge in [-0.05, 0) is 29.7 Å². The first-order valence-electron chi connectivity index (χ1n) is 9.83. The van der Waals surface area contributed by atoms with Crippen molar-refractivity contribution >= 4 is 35.0 Å². The van der Waals surface area contributed by atoms with Crippen molar-refractivity contribution in [3.63, 3.8) is 0 Å². The van der Waals surface area contributed by atoms with Crippen molar-refractivity contribution in [2.75, 3.05) is 18.2 Å². The van der Waals surface area contributed by atoms with Crippen molar-refractivity contribution in [2.45, 2.75) is 31.5 Å². The van der Waals surface area contributed by atoms with Crippen LogP contribution in [-0.4, -0.2) is 33.5 Å². The fourth-order valence-corrected chi connectivity index (χ4v) is 3.93. The van der Waals surface area contributed by atoms with Gasteiger partial charge in [0, 0.05) is 17.1 Å². The highest BCUT2D eigenvalue weighted by atomic mass is 35.5. The Morgan fingerprint density at radius 1 is 1.26 bits per heavy atom. The van der Waals surface area contributed by atoms with E-state index < -0.39 is 0 Å². The van der Waals surface area contributed by atoms with Crippen LogP contribution in [0.5, 0.6) is 5.75 Å². The predicted molar refractivity (Wildman–Crippen MR) is 127 cm³/mol. The number of nitrogens with zero attached hydrogens (tertiary/aromatic N) is 3. The van der Waals surface area contributed by atoms with Gasteiger partial charge in [-0.25, -0.2) is 0 Å². The number of thioether (sulfide) groups is 1. The van der Waals surface area contributed by atoms with E-state index in [-0.39, 0.29) is 11.7 Å². The normalized spacial score (nSPS) is 10.9. The second-order valence-electron chi connectivity index (χ2n) is 7.16. The van der Waals surface area contributed by atoms with E-state index in [1.54, 1.807) is 31.4 Å². The van der Waals surface area contributed by atoms with E-state index in [1.807, 2.05) is 16.7 Å². The molecule has 162 valence electrons. The van der Waals surface area contributed by atoms with Crippen molar-refractivity contribution in [3.8, 4) is 17.1 Å². The fraction of sp³-hybridized carbons (Fsp3) is 0.261. The molecule has 2 aromatic carbocycles. The molecule has 1 N–H and O–H groups in total. The van der Waals surface area contributed by atoms with E-state index in [9.17, 15) is 4.79 Å². The maximum atomic E-state index is 12.5. The van der Waals surface area contributed by atoms with Gasteiger partial charge in [0.15, 0.2) is 11.0 Å². The molecule has 31 heavy (non-hydrogen) atoms. The fourth-order valence-electron chi connectivity index (χ4n) is 3.01. The van der Waals surface area contributed by atoms with Gasteiger partial charge in [-0.2, -0.15) is 0 Å². The zero-order valence-electron chi connectivity index (χ0n) is 17.8. The molecule has 0 spiro atoms. The number of benzene rings is 2. The third-order valence-electron chi connectivity index (χ3n) is 4.63. The summed E-state index contributed by atoms with van der Waals surface area (Å²) in [7, 11) is 1.54. The van der Waals surface area contributed by atoms with Crippen LogP contribution in [0.1, 0.15) is 25.3 Å². The molecule has 0 aliphatic heterocycles.